The van der Waals surface area contributed by atoms with Crippen molar-refractivity contribution in [3.05, 3.63) is 44.8 Å². The van der Waals surface area contributed by atoms with Gasteiger partial charge in [-0.25, -0.2) is 4.79 Å². The van der Waals surface area contributed by atoms with Gasteiger partial charge in [0, 0.05) is 37.7 Å². The molecule has 1 fully saturated rings. The summed E-state index contributed by atoms with van der Waals surface area (Å²) < 4.78 is 6.65. The third kappa shape index (κ3) is 3.70. The summed E-state index contributed by atoms with van der Waals surface area (Å²) >= 11 is 0. The third-order valence-corrected chi connectivity index (χ3v) is 4.30. The first-order valence-electron chi connectivity index (χ1n) is 8.38. The van der Waals surface area contributed by atoms with E-state index in [2.05, 4.69) is 15.1 Å². The van der Waals surface area contributed by atoms with Crippen molar-refractivity contribution in [2.75, 3.05) is 6.54 Å². The van der Waals surface area contributed by atoms with Gasteiger partial charge >= 0.3 is 5.69 Å². The molecule has 2 aromatic heterocycles. The number of rotatable bonds is 5. The van der Waals surface area contributed by atoms with Gasteiger partial charge in [-0.3, -0.25) is 14.6 Å². The molecular weight excluding hydrogens is 326 g/mol. The summed E-state index contributed by atoms with van der Waals surface area (Å²) in [6, 6.07) is 1.05. The number of carbonyl (C=O) groups is 1. The van der Waals surface area contributed by atoms with E-state index in [1.165, 1.54) is 16.8 Å². The van der Waals surface area contributed by atoms with Crippen molar-refractivity contribution in [1.82, 2.24) is 24.6 Å². The van der Waals surface area contributed by atoms with Crippen LogP contribution in [0, 0.1) is 0 Å². The quantitative estimate of drug-likeness (QED) is 0.855. The monoisotopic (exact) mass is 347 g/mol. The highest BCUT2D eigenvalue weighted by molar-refractivity contribution is 5.76. The zero-order valence-corrected chi connectivity index (χ0v) is 14.3. The van der Waals surface area contributed by atoms with E-state index < -0.39 is 11.2 Å². The number of amides is 1. The molecule has 3 heterocycles. The minimum atomic E-state index is -0.517. The number of H-pyrrole nitrogens is 1. The molecule has 1 aliphatic heterocycles. The van der Waals surface area contributed by atoms with Gasteiger partial charge in [-0.05, 0) is 12.8 Å². The number of hydrogen-bond donors (Lipinski definition) is 1. The highest BCUT2D eigenvalue weighted by Crippen LogP contribution is 2.32. The van der Waals surface area contributed by atoms with Crippen LogP contribution in [-0.4, -0.2) is 37.0 Å². The Hall–Kier alpha value is -2.71. The van der Waals surface area contributed by atoms with E-state index in [-0.39, 0.29) is 30.8 Å². The summed E-state index contributed by atoms with van der Waals surface area (Å²) in [4.78, 5) is 43.6. The Morgan fingerprint density at radius 3 is 2.92 bits per heavy atom. The number of likely N-dealkylation sites (tertiary alicyclic amines) is 1. The lowest BCUT2D eigenvalue weighted by atomic mass is 10.2. The van der Waals surface area contributed by atoms with Crippen LogP contribution in [0.15, 0.2) is 26.4 Å². The molecule has 0 unspecified atom stereocenters. The van der Waals surface area contributed by atoms with Crippen LogP contribution in [0.1, 0.15) is 56.8 Å². The van der Waals surface area contributed by atoms with Gasteiger partial charge < -0.3 is 14.0 Å². The van der Waals surface area contributed by atoms with Gasteiger partial charge in [0.2, 0.25) is 11.8 Å². The summed E-state index contributed by atoms with van der Waals surface area (Å²) in [5, 5.41) is 3.96. The average molecular weight is 347 g/mol. The Morgan fingerprint density at radius 1 is 1.44 bits per heavy atom. The molecule has 1 N–H and O–H groups in total. The van der Waals surface area contributed by atoms with Crippen molar-refractivity contribution in [1.29, 1.82) is 0 Å². The van der Waals surface area contributed by atoms with E-state index in [4.69, 9.17) is 4.52 Å². The summed E-state index contributed by atoms with van der Waals surface area (Å²) in [5.74, 6) is 1.19. The SMILES string of the molecule is CC(C)c1noc([C@@H]2CCCN2C(=O)CCn2ccc(=O)[nH]c2=O)n1. The van der Waals surface area contributed by atoms with Crippen molar-refractivity contribution in [3.8, 4) is 0 Å². The first kappa shape index (κ1) is 17.1. The van der Waals surface area contributed by atoms with Crippen molar-refractivity contribution >= 4 is 5.91 Å². The van der Waals surface area contributed by atoms with Crippen LogP contribution in [0.25, 0.3) is 0 Å². The molecule has 1 aliphatic rings. The third-order valence-electron chi connectivity index (χ3n) is 4.30. The van der Waals surface area contributed by atoms with Crippen LogP contribution in [0.3, 0.4) is 0 Å². The van der Waals surface area contributed by atoms with Gasteiger partial charge in [0.15, 0.2) is 5.82 Å². The molecule has 9 nitrogen and oxygen atoms in total. The number of aromatic nitrogens is 4. The highest BCUT2D eigenvalue weighted by atomic mass is 16.5. The van der Waals surface area contributed by atoms with Gasteiger partial charge in [0.05, 0.1) is 0 Å². The molecule has 134 valence electrons. The first-order chi connectivity index (χ1) is 12.0. The number of nitrogens with zero attached hydrogens (tertiary/aromatic N) is 4. The van der Waals surface area contributed by atoms with Crippen LogP contribution in [0.4, 0.5) is 0 Å². The molecule has 0 aromatic carbocycles. The van der Waals surface area contributed by atoms with Crippen molar-refractivity contribution in [2.24, 2.45) is 0 Å². The zero-order valence-electron chi connectivity index (χ0n) is 14.3. The van der Waals surface area contributed by atoms with Gasteiger partial charge in [0.1, 0.15) is 6.04 Å². The lowest BCUT2D eigenvalue weighted by Crippen LogP contribution is -2.34. The Bertz CT molecular complexity index is 866. The van der Waals surface area contributed by atoms with Crippen LogP contribution in [0.5, 0.6) is 0 Å². The average Bonchev–Trinajstić information content (AvgIpc) is 3.22. The number of nitrogens with one attached hydrogen (secondary N) is 1. The minimum absolute atomic E-state index is 0.0788. The lowest BCUT2D eigenvalue weighted by molar-refractivity contribution is -0.132. The maximum Gasteiger partial charge on any atom is 0.328 e. The smallest absolute Gasteiger partial charge is 0.328 e. The van der Waals surface area contributed by atoms with Crippen molar-refractivity contribution in [3.63, 3.8) is 0 Å². The molecule has 2 aromatic rings. The van der Waals surface area contributed by atoms with E-state index in [1.807, 2.05) is 13.8 Å². The van der Waals surface area contributed by atoms with Crippen LogP contribution in [0.2, 0.25) is 0 Å². The predicted molar refractivity (Wildman–Crippen MR) is 88.0 cm³/mol. The van der Waals surface area contributed by atoms with E-state index in [0.29, 0.717) is 18.3 Å². The molecule has 25 heavy (non-hydrogen) atoms. The second-order valence-electron chi connectivity index (χ2n) is 6.44. The molecule has 0 radical (unpaired) electrons. The van der Waals surface area contributed by atoms with Crippen molar-refractivity contribution < 1.29 is 9.32 Å². The van der Waals surface area contributed by atoms with Crippen LogP contribution >= 0.6 is 0 Å². The maximum atomic E-state index is 12.6. The Morgan fingerprint density at radius 2 is 2.24 bits per heavy atom. The number of hydrogen-bond acceptors (Lipinski definition) is 6. The normalized spacial score (nSPS) is 17.4. The van der Waals surface area contributed by atoms with Crippen molar-refractivity contribution in [2.45, 2.75) is 51.6 Å². The van der Waals surface area contributed by atoms with E-state index in [9.17, 15) is 14.4 Å². The Labute approximate surface area is 143 Å². The van der Waals surface area contributed by atoms with Gasteiger partial charge in [-0.2, -0.15) is 4.98 Å². The second-order valence-corrected chi connectivity index (χ2v) is 6.44. The molecule has 9 heteroatoms. The maximum absolute atomic E-state index is 12.6. The molecule has 0 bridgehead atoms. The Balaban J connectivity index is 1.68. The van der Waals surface area contributed by atoms with E-state index in [0.717, 1.165) is 12.8 Å². The molecule has 1 atom stereocenters. The first-order valence-corrected chi connectivity index (χ1v) is 8.38. The number of aromatic amines is 1. The Kier molecular flexibility index (Phi) is 4.82. The van der Waals surface area contributed by atoms with Gasteiger partial charge in [0.25, 0.3) is 5.56 Å². The molecule has 1 saturated heterocycles. The second kappa shape index (κ2) is 7.04. The fourth-order valence-electron chi connectivity index (χ4n) is 2.92. The molecular formula is C16H21N5O4. The molecule has 1 amide bonds. The highest BCUT2D eigenvalue weighted by Gasteiger charge is 2.33. The topological polar surface area (TPSA) is 114 Å². The molecule has 0 aliphatic carbocycles. The summed E-state index contributed by atoms with van der Waals surface area (Å²) in [6.45, 7) is 4.80. The van der Waals surface area contributed by atoms with Gasteiger partial charge in [-0.1, -0.05) is 19.0 Å². The zero-order chi connectivity index (χ0) is 18.0. The summed E-state index contributed by atoms with van der Waals surface area (Å²) in [7, 11) is 0. The molecule has 3 rings (SSSR count). The van der Waals surface area contributed by atoms with Crippen LogP contribution in [-0.2, 0) is 11.3 Å². The van der Waals surface area contributed by atoms with E-state index in [1.54, 1.807) is 4.90 Å². The minimum Gasteiger partial charge on any atom is -0.337 e. The fourth-order valence-corrected chi connectivity index (χ4v) is 2.92. The number of aryl methyl sites for hydroxylation is 1. The lowest BCUT2D eigenvalue weighted by Gasteiger charge is -2.22. The van der Waals surface area contributed by atoms with Crippen LogP contribution < -0.4 is 11.2 Å². The molecule has 0 saturated carbocycles. The summed E-state index contributed by atoms with van der Waals surface area (Å²) in [6.07, 6.45) is 3.20. The summed E-state index contributed by atoms with van der Waals surface area (Å²) in [5.41, 5.74) is -0.971. The predicted octanol–water partition coefficient (Wildman–Crippen LogP) is 0.797. The standard InChI is InChI=1S/C16H21N5O4/c1-10(2)14-18-15(25-19-14)11-4-3-7-21(11)13(23)6-9-20-8-5-12(22)17-16(20)24/h5,8,10-11H,3-4,6-7,9H2,1-2H3,(H,17,22,24)/t11-/m0/s1. The van der Waals surface area contributed by atoms with E-state index >= 15 is 0 Å². The fraction of sp³-hybridized carbons (Fsp3) is 0.562. The largest absolute Gasteiger partial charge is 0.337 e. The molecule has 0 spiro atoms. The number of carbonyl (C=O) groups excluding carboxylic acids is 1. The van der Waals surface area contributed by atoms with Gasteiger partial charge in [-0.15, -0.1) is 0 Å².